The first kappa shape index (κ1) is 16.5. The maximum Gasteiger partial charge on any atom is 0.231 e. The Bertz CT molecular complexity index is 956. The van der Waals surface area contributed by atoms with Crippen LogP contribution in [0.4, 0.5) is 0 Å². The van der Waals surface area contributed by atoms with Gasteiger partial charge in [0.25, 0.3) is 0 Å². The second-order valence-electron chi connectivity index (χ2n) is 5.85. The zero-order chi connectivity index (χ0) is 18.1. The topological polar surface area (TPSA) is 59.0 Å². The van der Waals surface area contributed by atoms with E-state index in [-0.39, 0.29) is 12.9 Å². The Hall–Kier alpha value is -2.99. The van der Waals surface area contributed by atoms with E-state index in [1.54, 1.807) is 27.5 Å². The number of pyridine rings is 1. The van der Waals surface area contributed by atoms with Crippen molar-refractivity contribution in [2.45, 2.75) is 6.10 Å². The molecule has 1 aromatic heterocycles. The van der Waals surface area contributed by atoms with Gasteiger partial charge in [-0.1, -0.05) is 6.07 Å². The summed E-state index contributed by atoms with van der Waals surface area (Å²) in [6, 6.07) is 11.6. The molecule has 0 saturated heterocycles. The molecule has 2 heterocycles. The number of methoxy groups -OCH3 is 3. The molecule has 1 atom stereocenters. The molecule has 4 rings (SSSR count). The van der Waals surface area contributed by atoms with Crippen LogP contribution in [0.25, 0.3) is 10.8 Å². The van der Waals surface area contributed by atoms with E-state index in [0.717, 1.165) is 27.8 Å². The molecule has 1 aliphatic heterocycles. The normalized spacial score (nSPS) is 13.7. The van der Waals surface area contributed by atoms with E-state index in [1.165, 1.54) is 0 Å². The van der Waals surface area contributed by atoms with Gasteiger partial charge >= 0.3 is 0 Å². The zero-order valence-corrected chi connectivity index (χ0v) is 14.8. The third-order valence-electron chi connectivity index (χ3n) is 4.48. The van der Waals surface area contributed by atoms with Gasteiger partial charge in [-0.05, 0) is 41.3 Å². The van der Waals surface area contributed by atoms with Gasteiger partial charge in [-0.25, -0.2) is 0 Å². The number of hydrogen-bond acceptors (Lipinski definition) is 6. The summed E-state index contributed by atoms with van der Waals surface area (Å²) < 4.78 is 27.5. The molecule has 0 unspecified atom stereocenters. The Kier molecular flexibility index (Phi) is 4.26. The maximum absolute atomic E-state index is 5.79. The number of fused-ring (bicyclic) bond motifs is 2. The highest BCUT2D eigenvalue weighted by atomic mass is 16.7. The molecule has 0 amide bonds. The van der Waals surface area contributed by atoms with E-state index < -0.39 is 0 Å². The number of benzene rings is 2. The first-order valence-electron chi connectivity index (χ1n) is 8.18. The van der Waals surface area contributed by atoms with Crippen molar-refractivity contribution in [1.82, 2.24) is 4.98 Å². The van der Waals surface area contributed by atoms with E-state index in [4.69, 9.17) is 23.7 Å². The van der Waals surface area contributed by atoms with Crippen molar-refractivity contribution in [2.75, 3.05) is 28.1 Å². The molecule has 3 aromatic rings. The van der Waals surface area contributed by atoms with Crippen molar-refractivity contribution in [3.63, 3.8) is 0 Å². The molecule has 134 valence electrons. The van der Waals surface area contributed by atoms with E-state index in [9.17, 15) is 0 Å². The van der Waals surface area contributed by atoms with Crippen LogP contribution in [0, 0.1) is 0 Å². The second kappa shape index (κ2) is 6.72. The average molecular weight is 353 g/mol. The fourth-order valence-corrected chi connectivity index (χ4v) is 3.21. The summed E-state index contributed by atoms with van der Waals surface area (Å²) in [6.07, 6.45) is 1.41. The smallest absolute Gasteiger partial charge is 0.231 e. The van der Waals surface area contributed by atoms with Crippen LogP contribution in [0.2, 0.25) is 0 Å². The molecule has 6 nitrogen and oxygen atoms in total. The fraction of sp³-hybridized carbons (Fsp3) is 0.250. The summed E-state index contributed by atoms with van der Waals surface area (Å²) in [6.45, 7) is 0.236. The van der Waals surface area contributed by atoms with Gasteiger partial charge in [0.2, 0.25) is 6.79 Å². The lowest BCUT2D eigenvalue weighted by Crippen LogP contribution is -2.07. The summed E-state index contributed by atoms with van der Waals surface area (Å²) in [5.41, 5.74) is 1.73. The summed E-state index contributed by atoms with van der Waals surface area (Å²) in [5.74, 6) is 2.77. The Labute approximate surface area is 151 Å². The molecule has 0 spiro atoms. The minimum atomic E-state index is -0.355. The molecule has 0 saturated carbocycles. The molecule has 2 aromatic carbocycles. The third kappa shape index (κ3) is 2.68. The first-order chi connectivity index (χ1) is 12.7. The molecule has 1 aliphatic rings. The van der Waals surface area contributed by atoms with Crippen molar-refractivity contribution in [1.29, 1.82) is 0 Å². The minimum absolute atomic E-state index is 0.236. The quantitative estimate of drug-likeness (QED) is 0.697. The van der Waals surface area contributed by atoms with Crippen LogP contribution >= 0.6 is 0 Å². The lowest BCUT2D eigenvalue weighted by Gasteiger charge is -2.18. The van der Waals surface area contributed by atoms with Gasteiger partial charge in [0.1, 0.15) is 6.10 Å². The summed E-state index contributed by atoms with van der Waals surface area (Å²) in [4.78, 5) is 4.59. The van der Waals surface area contributed by atoms with Crippen molar-refractivity contribution in [2.24, 2.45) is 0 Å². The van der Waals surface area contributed by atoms with Gasteiger partial charge in [-0.15, -0.1) is 0 Å². The highest BCUT2D eigenvalue weighted by Crippen LogP contribution is 2.39. The maximum atomic E-state index is 5.79. The molecular formula is C20H19NO5. The number of nitrogens with zero attached hydrogens (tertiary/aromatic N) is 1. The van der Waals surface area contributed by atoms with Crippen molar-refractivity contribution < 1.29 is 23.7 Å². The number of hydrogen-bond donors (Lipinski definition) is 0. The highest BCUT2D eigenvalue weighted by molar-refractivity contribution is 5.88. The molecule has 0 fully saturated rings. The number of aromatic nitrogens is 1. The first-order valence-corrected chi connectivity index (χ1v) is 8.18. The van der Waals surface area contributed by atoms with Crippen LogP contribution in [0.1, 0.15) is 17.4 Å². The Morgan fingerprint density at radius 3 is 2.46 bits per heavy atom. The van der Waals surface area contributed by atoms with Crippen molar-refractivity contribution in [3.05, 3.63) is 53.9 Å². The average Bonchev–Trinajstić information content (AvgIpc) is 3.15. The van der Waals surface area contributed by atoms with Gasteiger partial charge in [-0.3, -0.25) is 4.98 Å². The van der Waals surface area contributed by atoms with E-state index >= 15 is 0 Å². The van der Waals surface area contributed by atoms with Gasteiger partial charge in [0, 0.05) is 18.7 Å². The van der Waals surface area contributed by atoms with Gasteiger partial charge in [0.05, 0.1) is 19.9 Å². The van der Waals surface area contributed by atoms with Crippen LogP contribution in [-0.4, -0.2) is 33.1 Å². The van der Waals surface area contributed by atoms with Crippen LogP contribution in [0.3, 0.4) is 0 Å². The Morgan fingerprint density at radius 1 is 0.923 bits per heavy atom. The SMILES string of the molecule is COc1cc2ccnc([C@H](OC)c3ccc4c(c3)OCO4)c2cc1OC. The number of ether oxygens (including phenoxy) is 5. The molecule has 6 heteroatoms. The molecule has 26 heavy (non-hydrogen) atoms. The molecular weight excluding hydrogens is 334 g/mol. The standard InChI is InChI=1S/C20H19NO5/c1-22-16-8-12-6-7-21-19(14(12)10-17(16)23-2)20(24-3)13-4-5-15-18(9-13)26-11-25-15/h4-10,20H,11H2,1-3H3/t20-/m1/s1. The van der Waals surface area contributed by atoms with Crippen molar-refractivity contribution >= 4 is 10.8 Å². The highest BCUT2D eigenvalue weighted by Gasteiger charge is 2.22. The van der Waals surface area contributed by atoms with Gasteiger partial charge in [-0.2, -0.15) is 0 Å². The zero-order valence-electron chi connectivity index (χ0n) is 14.8. The van der Waals surface area contributed by atoms with E-state index in [2.05, 4.69) is 4.98 Å². The van der Waals surface area contributed by atoms with Crippen LogP contribution < -0.4 is 18.9 Å². The molecule has 0 radical (unpaired) electrons. The minimum Gasteiger partial charge on any atom is -0.493 e. The predicted octanol–water partition coefficient (Wildman–Crippen LogP) is 3.72. The van der Waals surface area contributed by atoms with Crippen molar-refractivity contribution in [3.8, 4) is 23.0 Å². The Balaban J connectivity index is 1.86. The Morgan fingerprint density at radius 2 is 1.69 bits per heavy atom. The lowest BCUT2D eigenvalue weighted by molar-refractivity contribution is 0.134. The number of rotatable bonds is 5. The van der Waals surface area contributed by atoms with E-state index in [1.807, 2.05) is 36.4 Å². The predicted molar refractivity (Wildman–Crippen MR) is 96.3 cm³/mol. The summed E-state index contributed by atoms with van der Waals surface area (Å²) in [5, 5.41) is 1.94. The molecule has 0 aliphatic carbocycles. The molecule has 0 bridgehead atoms. The van der Waals surface area contributed by atoms with Gasteiger partial charge < -0.3 is 23.7 Å². The molecule has 0 N–H and O–H groups in total. The largest absolute Gasteiger partial charge is 0.493 e. The van der Waals surface area contributed by atoms with Crippen LogP contribution in [-0.2, 0) is 4.74 Å². The van der Waals surface area contributed by atoms with Crippen LogP contribution in [0.15, 0.2) is 42.6 Å². The van der Waals surface area contributed by atoms with Gasteiger partial charge in [0.15, 0.2) is 23.0 Å². The fourth-order valence-electron chi connectivity index (χ4n) is 3.21. The third-order valence-corrected chi connectivity index (χ3v) is 4.48. The van der Waals surface area contributed by atoms with Crippen LogP contribution in [0.5, 0.6) is 23.0 Å². The monoisotopic (exact) mass is 353 g/mol. The second-order valence-corrected chi connectivity index (χ2v) is 5.85. The van der Waals surface area contributed by atoms with E-state index in [0.29, 0.717) is 17.2 Å². The summed E-state index contributed by atoms with van der Waals surface area (Å²) >= 11 is 0. The summed E-state index contributed by atoms with van der Waals surface area (Å²) in [7, 11) is 4.90. The lowest BCUT2D eigenvalue weighted by atomic mass is 10.00.